The smallest absolute Gasteiger partial charge is 0.401 e. The highest BCUT2D eigenvalue weighted by Crippen LogP contribution is 2.36. The van der Waals surface area contributed by atoms with Gasteiger partial charge >= 0.3 is 12.2 Å². The van der Waals surface area contributed by atoms with Gasteiger partial charge < -0.3 is 14.9 Å². The summed E-state index contributed by atoms with van der Waals surface area (Å²) in [6.07, 6.45) is -5.39. The van der Waals surface area contributed by atoms with E-state index in [1.807, 2.05) is 0 Å². The Balaban J connectivity index is 3.60. The highest BCUT2D eigenvalue weighted by Gasteiger charge is 2.39. The summed E-state index contributed by atoms with van der Waals surface area (Å²) in [4.78, 5) is 10.1. The van der Waals surface area contributed by atoms with Gasteiger partial charge in [0.25, 0.3) is 14.9 Å². The molecule has 1 heterocycles. The zero-order valence-corrected chi connectivity index (χ0v) is 9.88. The van der Waals surface area contributed by atoms with Crippen molar-refractivity contribution in [1.82, 2.24) is 4.98 Å². The molecule has 13 heteroatoms. The van der Waals surface area contributed by atoms with Gasteiger partial charge in [-0.1, -0.05) is 0 Å². The Morgan fingerprint density at radius 2 is 1.95 bits per heavy atom. The van der Waals surface area contributed by atoms with E-state index in [1.165, 1.54) is 0 Å². The second kappa shape index (κ2) is 4.77. The molecule has 0 saturated carbocycles. The van der Waals surface area contributed by atoms with Gasteiger partial charge in [-0.25, -0.2) is 8.42 Å². The first-order valence-corrected chi connectivity index (χ1v) is 6.27. The third-order valence-electron chi connectivity index (χ3n) is 1.58. The lowest BCUT2D eigenvalue weighted by Crippen LogP contribution is -2.20. The van der Waals surface area contributed by atoms with Crippen LogP contribution in [0.4, 0.5) is 23.4 Å². The van der Waals surface area contributed by atoms with E-state index >= 15 is 0 Å². The Labute approximate surface area is 106 Å². The van der Waals surface area contributed by atoms with E-state index < -0.39 is 42.6 Å². The van der Waals surface area contributed by atoms with Crippen LogP contribution in [0.3, 0.4) is 0 Å². The summed E-state index contributed by atoms with van der Waals surface area (Å²) in [5.74, 6) is -5.78. The van der Waals surface area contributed by atoms with E-state index in [9.17, 15) is 36.1 Å². The van der Waals surface area contributed by atoms with E-state index in [4.69, 9.17) is 10.7 Å². The lowest BCUT2D eigenvalue weighted by atomic mass is 10.4. The molecule has 0 fully saturated rings. The van der Waals surface area contributed by atoms with Crippen molar-refractivity contribution < 1.29 is 35.6 Å². The Morgan fingerprint density at radius 1 is 1.42 bits per heavy atom. The summed E-state index contributed by atoms with van der Waals surface area (Å²) in [7, 11) is -0.104. The first kappa shape index (κ1) is 15.4. The number of aromatic nitrogens is 1. The van der Waals surface area contributed by atoms with E-state index in [0.717, 1.165) is 0 Å². The molecular weight excluding hydrogens is 324 g/mol. The van der Waals surface area contributed by atoms with Crippen LogP contribution in [-0.4, -0.2) is 24.7 Å². The number of ether oxygens (including phenoxy) is 1. The van der Waals surface area contributed by atoms with Crippen molar-refractivity contribution in [3.63, 3.8) is 0 Å². The average Bonchev–Trinajstić information content (AvgIpc) is 2.16. The lowest BCUT2D eigenvalue weighted by molar-refractivity contribution is -0.392. The molecule has 0 aliphatic carbocycles. The molecule has 0 atom stereocenters. The van der Waals surface area contributed by atoms with Crippen LogP contribution in [0.1, 0.15) is 0 Å². The average molecular weight is 325 g/mol. The molecule has 0 radical (unpaired) electrons. The van der Waals surface area contributed by atoms with Crippen molar-refractivity contribution in [3.8, 4) is 5.75 Å². The standard InChI is InChI=1S/C6HClF4N2O5S/c7-19(16,17)2-1-12-5(13(14)15)3(8)4(2)18-6(9,10)11/h1H. The molecule has 106 valence electrons. The first-order chi connectivity index (χ1) is 8.43. The maximum Gasteiger partial charge on any atom is 0.573 e. The van der Waals surface area contributed by atoms with Gasteiger partial charge in [0.1, 0.15) is 0 Å². The second-order valence-electron chi connectivity index (χ2n) is 2.83. The minimum Gasteiger partial charge on any atom is -0.401 e. The van der Waals surface area contributed by atoms with Gasteiger partial charge in [0.2, 0.25) is 0 Å². The van der Waals surface area contributed by atoms with Gasteiger partial charge in [-0.05, 0) is 9.91 Å². The number of rotatable bonds is 3. The zero-order valence-electron chi connectivity index (χ0n) is 8.31. The monoisotopic (exact) mass is 324 g/mol. The summed E-state index contributed by atoms with van der Waals surface area (Å²) in [6.45, 7) is 0. The zero-order chi connectivity index (χ0) is 15.0. The predicted octanol–water partition coefficient (Wildman–Crippen LogP) is 1.95. The topological polar surface area (TPSA) is 99.4 Å². The molecular formula is C6HClF4N2O5S. The van der Waals surface area contributed by atoms with Crippen molar-refractivity contribution >= 4 is 25.6 Å². The Morgan fingerprint density at radius 3 is 2.32 bits per heavy atom. The van der Waals surface area contributed by atoms with Gasteiger partial charge in [-0.3, -0.25) is 0 Å². The number of halogens is 5. The van der Waals surface area contributed by atoms with Gasteiger partial charge in [0.05, 0.1) is 0 Å². The second-order valence-corrected chi connectivity index (χ2v) is 5.37. The lowest BCUT2D eigenvalue weighted by Gasteiger charge is -2.11. The van der Waals surface area contributed by atoms with Crippen molar-refractivity contribution in [3.05, 3.63) is 22.1 Å². The van der Waals surface area contributed by atoms with Crippen LogP contribution in [-0.2, 0) is 9.05 Å². The highest BCUT2D eigenvalue weighted by molar-refractivity contribution is 8.13. The van der Waals surface area contributed by atoms with Crippen molar-refractivity contribution in [2.45, 2.75) is 11.3 Å². The van der Waals surface area contributed by atoms with E-state index in [1.54, 1.807) is 0 Å². The molecule has 7 nitrogen and oxygen atoms in total. The number of nitrogens with zero attached hydrogens (tertiary/aromatic N) is 2. The SMILES string of the molecule is O=[N+]([O-])c1ncc(S(=O)(=O)Cl)c(OC(F)(F)F)c1F. The van der Waals surface area contributed by atoms with Crippen LogP contribution in [0.15, 0.2) is 11.1 Å². The third-order valence-corrected chi connectivity index (χ3v) is 2.89. The fraction of sp³-hybridized carbons (Fsp3) is 0.167. The van der Waals surface area contributed by atoms with Crippen LogP contribution in [0.5, 0.6) is 5.75 Å². The quantitative estimate of drug-likeness (QED) is 0.365. The molecule has 1 aromatic rings. The maximum absolute atomic E-state index is 13.4. The summed E-state index contributed by atoms with van der Waals surface area (Å²) in [6, 6.07) is 0. The van der Waals surface area contributed by atoms with E-state index in [-0.39, 0.29) is 6.20 Å². The number of pyridine rings is 1. The predicted molar refractivity (Wildman–Crippen MR) is 50.6 cm³/mol. The molecule has 0 N–H and O–H groups in total. The molecule has 1 aromatic heterocycles. The van der Waals surface area contributed by atoms with Crippen LogP contribution in [0, 0.1) is 15.9 Å². The summed E-state index contributed by atoms with van der Waals surface area (Å²) >= 11 is 0. The summed E-state index contributed by atoms with van der Waals surface area (Å²) < 4.78 is 74.3. The highest BCUT2D eigenvalue weighted by atomic mass is 35.7. The molecule has 0 amide bonds. The third kappa shape index (κ3) is 3.64. The van der Waals surface area contributed by atoms with Crippen molar-refractivity contribution in [2.24, 2.45) is 0 Å². The molecule has 0 aliphatic heterocycles. The number of hydrogen-bond donors (Lipinski definition) is 0. The minimum absolute atomic E-state index is 0.0879. The van der Waals surface area contributed by atoms with E-state index in [0.29, 0.717) is 0 Å². The van der Waals surface area contributed by atoms with Crippen LogP contribution < -0.4 is 4.74 Å². The molecule has 19 heavy (non-hydrogen) atoms. The fourth-order valence-electron chi connectivity index (χ4n) is 0.957. The van der Waals surface area contributed by atoms with Crippen LogP contribution >= 0.6 is 10.7 Å². The van der Waals surface area contributed by atoms with E-state index in [2.05, 4.69) is 9.72 Å². The maximum atomic E-state index is 13.4. The van der Waals surface area contributed by atoms with Gasteiger partial charge in [-0.2, -0.15) is 4.39 Å². The minimum atomic E-state index is -5.48. The molecule has 0 bridgehead atoms. The van der Waals surface area contributed by atoms with Gasteiger partial charge in [-0.15, -0.1) is 13.2 Å². The first-order valence-electron chi connectivity index (χ1n) is 3.97. The normalized spacial score (nSPS) is 12.3. The molecule has 1 rings (SSSR count). The molecule has 0 aliphatic rings. The van der Waals surface area contributed by atoms with Crippen molar-refractivity contribution in [2.75, 3.05) is 0 Å². The Bertz CT molecular complexity index is 631. The molecule has 0 saturated heterocycles. The summed E-state index contributed by atoms with van der Waals surface area (Å²) in [5.41, 5.74) is 0. The Hall–Kier alpha value is -1.69. The van der Waals surface area contributed by atoms with Crippen molar-refractivity contribution in [1.29, 1.82) is 0 Å². The number of hydrogen-bond acceptors (Lipinski definition) is 6. The number of nitro groups is 1. The number of alkyl halides is 3. The van der Waals surface area contributed by atoms with Gasteiger partial charge in [0.15, 0.2) is 16.8 Å². The van der Waals surface area contributed by atoms with Gasteiger partial charge in [0, 0.05) is 10.7 Å². The Kier molecular flexibility index (Phi) is 3.86. The largest absolute Gasteiger partial charge is 0.573 e. The molecule has 0 aromatic carbocycles. The molecule has 0 unspecified atom stereocenters. The fourth-order valence-corrected chi connectivity index (χ4v) is 1.82. The van der Waals surface area contributed by atoms with Crippen LogP contribution in [0.25, 0.3) is 0 Å². The molecule has 0 spiro atoms. The summed E-state index contributed by atoms with van der Waals surface area (Å²) in [5, 5.41) is 10.3. The van der Waals surface area contributed by atoms with Crippen LogP contribution in [0.2, 0.25) is 0 Å².